The molecule has 1 aliphatic heterocycles. The number of aliphatic hydroxyl groups excluding tert-OH is 3. The maximum absolute atomic E-state index is 9.36. The Kier molecular flexibility index (Phi) is 3.47. The van der Waals surface area contributed by atoms with E-state index in [2.05, 4.69) is 10.0 Å². The van der Waals surface area contributed by atoms with Crippen molar-refractivity contribution in [2.45, 2.75) is 24.4 Å². The topological polar surface area (TPSA) is 119 Å². The van der Waals surface area contributed by atoms with Crippen LogP contribution in [0.1, 0.15) is 0 Å². The van der Waals surface area contributed by atoms with Gasteiger partial charge in [-0.15, -0.1) is 0 Å². The van der Waals surface area contributed by atoms with Gasteiger partial charge in [0.2, 0.25) is 0 Å². The Morgan fingerprint density at radius 1 is 1.46 bits per heavy atom. The Bertz CT molecular complexity index is 218. The van der Waals surface area contributed by atoms with Crippen LogP contribution in [0, 0.1) is 0 Å². The van der Waals surface area contributed by atoms with Gasteiger partial charge in [0.15, 0.2) is 0 Å². The second-order valence-corrected chi connectivity index (χ2v) is 2.81. The lowest BCUT2D eigenvalue weighted by Gasteiger charge is -2.34. The van der Waals surface area contributed by atoms with E-state index in [0.717, 1.165) is 0 Å². The van der Waals surface area contributed by atoms with Crippen LogP contribution >= 0.6 is 0 Å². The van der Waals surface area contributed by atoms with E-state index < -0.39 is 24.4 Å². The average molecular weight is 189 g/mol. The molecule has 2 unspecified atom stereocenters. The maximum atomic E-state index is 9.36. The molecule has 0 aromatic rings. The van der Waals surface area contributed by atoms with E-state index in [4.69, 9.17) is 15.4 Å². The fourth-order valence-corrected chi connectivity index (χ4v) is 1.20. The quantitative estimate of drug-likeness (QED) is 0.286. The zero-order valence-corrected chi connectivity index (χ0v) is 6.82. The highest BCUT2D eigenvalue weighted by Gasteiger charge is 2.37. The predicted molar refractivity (Wildman–Crippen MR) is 41.8 cm³/mol. The van der Waals surface area contributed by atoms with Gasteiger partial charge in [-0.1, -0.05) is 5.11 Å². The van der Waals surface area contributed by atoms with Crippen LogP contribution < -0.4 is 0 Å². The average Bonchev–Trinajstić information content (AvgIpc) is 2.14. The highest BCUT2D eigenvalue weighted by molar-refractivity contribution is 4.90. The summed E-state index contributed by atoms with van der Waals surface area (Å²) in [7, 11) is 0. The molecule has 4 atom stereocenters. The van der Waals surface area contributed by atoms with Gasteiger partial charge in [-0.25, -0.2) is 0 Å². The van der Waals surface area contributed by atoms with Gasteiger partial charge in [0, 0.05) is 4.91 Å². The Hall–Kier alpha value is -0.850. The monoisotopic (exact) mass is 189 g/mol. The van der Waals surface area contributed by atoms with Crippen molar-refractivity contribution in [3.8, 4) is 0 Å². The summed E-state index contributed by atoms with van der Waals surface area (Å²) >= 11 is 0. The molecule has 1 heterocycles. The zero-order valence-electron chi connectivity index (χ0n) is 6.82. The molecule has 3 N–H and O–H groups in total. The lowest BCUT2D eigenvalue weighted by Crippen LogP contribution is -2.53. The first kappa shape index (κ1) is 10.2. The van der Waals surface area contributed by atoms with Gasteiger partial charge >= 0.3 is 0 Å². The minimum Gasteiger partial charge on any atom is -0.394 e. The zero-order chi connectivity index (χ0) is 9.84. The number of hydrogen-bond acceptors (Lipinski definition) is 5. The number of rotatable bonds is 2. The molecule has 0 amide bonds. The molecule has 0 radical (unpaired) electrons. The van der Waals surface area contributed by atoms with Crippen molar-refractivity contribution in [3.05, 3.63) is 10.4 Å². The second kappa shape index (κ2) is 4.40. The molecule has 0 bridgehead atoms. The van der Waals surface area contributed by atoms with Crippen LogP contribution in [0.4, 0.5) is 0 Å². The first-order valence-electron chi connectivity index (χ1n) is 3.83. The fraction of sp³-hybridized carbons (Fsp3) is 1.00. The molecular weight excluding hydrogens is 178 g/mol. The van der Waals surface area contributed by atoms with Crippen LogP contribution in [0.2, 0.25) is 0 Å². The standard InChI is InChI=1S/C6H11N3O4/c7-9-8-3-2-13-4(1-10)6(12)5(3)11/h3-6,10-12H,1-2H2/t3?,4?,5-,6-/m1/s1. The van der Waals surface area contributed by atoms with Gasteiger partial charge in [0.25, 0.3) is 0 Å². The van der Waals surface area contributed by atoms with Crippen LogP contribution in [-0.4, -0.2) is 52.9 Å². The number of ether oxygens (including phenoxy) is 1. The molecule has 1 aliphatic rings. The Morgan fingerprint density at radius 3 is 2.69 bits per heavy atom. The summed E-state index contributed by atoms with van der Waals surface area (Å²) in [4.78, 5) is 2.51. The number of hydrogen-bond donors (Lipinski definition) is 3. The van der Waals surface area contributed by atoms with E-state index in [9.17, 15) is 10.2 Å². The lowest BCUT2D eigenvalue weighted by atomic mass is 9.99. The second-order valence-electron chi connectivity index (χ2n) is 2.81. The lowest BCUT2D eigenvalue weighted by molar-refractivity contribution is -0.155. The summed E-state index contributed by atoms with van der Waals surface area (Å²) in [6.45, 7) is -0.366. The van der Waals surface area contributed by atoms with Crippen LogP contribution in [0.5, 0.6) is 0 Å². The molecule has 7 heteroatoms. The molecule has 13 heavy (non-hydrogen) atoms. The Balaban J connectivity index is 2.63. The van der Waals surface area contributed by atoms with Crippen LogP contribution in [0.15, 0.2) is 5.11 Å². The molecule has 0 spiro atoms. The largest absolute Gasteiger partial charge is 0.394 e. The minimum atomic E-state index is -1.21. The van der Waals surface area contributed by atoms with E-state index in [1.807, 2.05) is 0 Å². The van der Waals surface area contributed by atoms with Gasteiger partial charge in [-0.3, -0.25) is 0 Å². The molecule has 0 aromatic heterocycles. The summed E-state index contributed by atoms with van der Waals surface area (Å²) in [5.41, 5.74) is 8.11. The van der Waals surface area contributed by atoms with Crippen molar-refractivity contribution in [1.82, 2.24) is 0 Å². The predicted octanol–water partition coefficient (Wildman–Crippen LogP) is -1.22. The van der Waals surface area contributed by atoms with E-state index in [0.29, 0.717) is 0 Å². The maximum Gasteiger partial charge on any atom is 0.109 e. The molecule has 0 aromatic carbocycles. The van der Waals surface area contributed by atoms with Crippen molar-refractivity contribution < 1.29 is 20.1 Å². The molecule has 0 saturated carbocycles. The van der Waals surface area contributed by atoms with Crippen molar-refractivity contribution in [2.75, 3.05) is 13.2 Å². The first-order chi connectivity index (χ1) is 6.20. The summed E-state index contributed by atoms with van der Waals surface area (Å²) in [6.07, 6.45) is -3.20. The molecule has 1 fully saturated rings. The number of azide groups is 1. The Labute approximate surface area is 74.2 Å². The summed E-state index contributed by atoms with van der Waals surface area (Å²) in [6, 6.07) is -0.789. The highest BCUT2D eigenvalue weighted by atomic mass is 16.5. The van der Waals surface area contributed by atoms with Gasteiger partial charge in [0.1, 0.15) is 12.2 Å². The summed E-state index contributed by atoms with van der Waals surface area (Å²) in [5.74, 6) is 0. The van der Waals surface area contributed by atoms with Crippen LogP contribution in [0.3, 0.4) is 0 Å². The van der Waals surface area contributed by atoms with Crippen molar-refractivity contribution in [3.63, 3.8) is 0 Å². The van der Waals surface area contributed by atoms with Crippen molar-refractivity contribution in [2.24, 2.45) is 5.11 Å². The summed E-state index contributed by atoms with van der Waals surface area (Å²) in [5, 5.41) is 30.6. The number of nitrogens with zero attached hydrogens (tertiary/aromatic N) is 3. The minimum absolute atomic E-state index is 0.00745. The van der Waals surface area contributed by atoms with Crippen molar-refractivity contribution in [1.29, 1.82) is 0 Å². The third-order valence-corrected chi connectivity index (χ3v) is 1.99. The third-order valence-electron chi connectivity index (χ3n) is 1.99. The first-order valence-corrected chi connectivity index (χ1v) is 3.83. The van der Waals surface area contributed by atoms with Gasteiger partial charge in [-0.2, -0.15) is 0 Å². The molecule has 7 nitrogen and oxygen atoms in total. The van der Waals surface area contributed by atoms with Crippen molar-refractivity contribution >= 4 is 0 Å². The Morgan fingerprint density at radius 2 is 2.15 bits per heavy atom. The summed E-state index contributed by atoms with van der Waals surface area (Å²) < 4.78 is 4.95. The smallest absolute Gasteiger partial charge is 0.109 e. The fourth-order valence-electron chi connectivity index (χ4n) is 1.20. The molecular formula is C6H11N3O4. The normalized spacial score (nSPS) is 39.6. The van der Waals surface area contributed by atoms with Crippen LogP contribution in [-0.2, 0) is 4.74 Å². The van der Waals surface area contributed by atoms with Gasteiger partial charge in [0.05, 0.1) is 25.4 Å². The number of aliphatic hydroxyl groups is 3. The van der Waals surface area contributed by atoms with E-state index in [1.54, 1.807) is 0 Å². The molecule has 74 valence electrons. The molecule has 1 rings (SSSR count). The molecule has 0 aliphatic carbocycles. The highest BCUT2D eigenvalue weighted by Crippen LogP contribution is 2.17. The van der Waals surface area contributed by atoms with Crippen LogP contribution in [0.25, 0.3) is 10.4 Å². The molecule has 1 saturated heterocycles. The SMILES string of the molecule is [N-]=[N+]=NC1COC(CO)[C@@H](O)[C@@H]1O. The van der Waals surface area contributed by atoms with Gasteiger partial charge in [-0.05, 0) is 5.53 Å². The third kappa shape index (κ3) is 2.09. The van der Waals surface area contributed by atoms with E-state index in [1.165, 1.54) is 0 Å². The van der Waals surface area contributed by atoms with Gasteiger partial charge < -0.3 is 20.1 Å². The van der Waals surface area contributed by atoms with E-state index >= 15 is 0 Å². The van der Waals surface area contributed by atoms with E-state index in [-0.39, 0.29) is 13.2 Å².